The molecule has 0 saturated heterocycles. The fourth-order valence-electron chi connectivity index (χ4n) is 1.61. The number of benzene rings is 1. The summed E-state index contributed by atoms with van der Waals surface area (Å²) in [5.74, 6) is 0.651. The van der Waals surface area contributed by atoms with Crippen LogP contribution in [0, 0.1) is 0 Å². The molecule has 0 unspecified atom stereocenters. The van der Waals surface area contributed by atoms with E-state index in [1.807, 2.05) is 19.2 Å². The van der Waals surface area contributed by atoms with Gasteiger partial charge in [0.05, 0.1) is 12.9 Å². The molecule has 0 N–H and O–H groups in total. The molecule has 0 spiro atoms. The second-order valence-corrected chi connectivity index (χ2v) is 3.48. The van der Waals surface area contributed by atoms with Crippen LogP contribution in [0.4, 0.5) is 0 Å². The number of alkyl halides is 1. The Morgan fingerprint density at radius 1 is 1.36 bits per heavy atom. The average Bonchev–Trinajstić information content (AvgIpc) is 2.46. The van der Waals surface area contributed by atoms with Gasteiger partial charge in [-0.2, -0.15) is 0 Å². The van der Waals surface area contributed by atoms with Crippen LogP contribution in [0.15, 0.2) is 30.6 Å². The molecule has 0 fully saturated rings. The summed E-state index contributed by atoms with van der Waals surface area (Å²) in [6.45, 7) is 0.864. The molecule has 4 heteroatoms. The van der Waals surface area contributed by atoms with Crippen molar-refractivity contribution in [3.8, 4) is 0 Å². The number of imidazole rings is 1. The maximum atomic E-state index is 5.72. The molecule has 0 amide bonds. The molecular weight excluding hydrogens is 219 g/mol. The van der Waals surface area contributed by atoms with Crippen LogP contribution in [-0.2, 0) is 13.6 Å². The lowest BCUT2D eigenvalue weighted by molar-refractivity contribution is -0.645. The summed E-state index contributed by atoms with van der Waals surface area (Å²) in [6.07, 6.45) is 2.08. The lowest BCUT2D eigenvalue weighted by Gasteiger charge is -1.90. The van der Waals surface area contributed by atoms with E-state index in [1.54, 1.807) is 0 Å². The number of nitrogens with zero attached hydrogens (tertiary/aromatic N) is 2. The van der Waals surface area contributed by atoms with Gasteiger partial charge in [0.2, 0.25) is 6.33 Å². The topological polar surface area (TPSA) is 8.81 Å². The van der Waals surface area contributed by atoms with Crippen molar-refractivity contribution < 1.29 is 17.0 Å². The van der Waals surface area contributed by atoms with Gasteiger partial charge in [-0.1, -0.05) is 12.1 Å². The highest BCUT2D eigenvalue weighted by Crippen LogP contribution is 2.09. The van der Waals surface area contributed by atoms with E-state index in [4.69, 9.17) is 11.6 Å². The number of aromatic nitrogens is 2. The number of hydrogen-bond donors (Lipinski definition) is 0. The third-order valence-electron chi connectivity index (χ3n) is 2.21. The van der Waals surface area contributed by atoms with E-state index in [9.17, 15) is 0 Å². The number of para-hydroxylation sites is 2. The molecule has 0 aliphatic carbocycles. The van der Waals surface area contributed by atoms with E-state index in [0.717, 1.165) is 6.54 Å². The van der Waals surface area contributed by atoms with E-state index in [0.29, 0.717) is 5.88 Å². The molecule has 76 valence electrons. The number of hydrogen-bond acceptors (Lipinski definition) is 0. The van der Waals surface area contributed by atoms with E-state index in [-0.39, 0.29) is 12.4 Å². The highest BCUT2D eigenvalue weighted by molar-refractivity contribution is 6.17. The summed E-state index contributed by atoms with van der Waals surface area (Å²) >= 11 is 5.72. The Bertz CT molecular complexity index is 423. The molecule has 1 aromatic heterocycles. The largest absolute Gasteiger partial charge is 1.00 e. The number of aryl methyl sites for hydroxylation is 2. The third kappa shape index (κ3) is 1.86. The normalized spacial score (nSPS) is 10.1. The van der Waals surface area contributed by atoms with Crippen LogP contribution in [0.1, 0.15) is 0 Å². The number of fused-ring (bicyclic) bond motifs is 1. The standard InChI is InChI=1S/C10H12ClN2.ClH/c1-12-8-13(7-6-11)10-5-3-2-4-9(10)12;/h2-5,8H,6-7H2,1H3;1H/q+1;/p-1. The SMILES string of the molecule is C[n+]1cn(CCCl)c2ccccc21.[Cl-]. The van der Waals surface area contributed by atoms with Gasteiger partial charge in [0.25, 0.3) is 0 Å². The minimum Gasteiger partial charge on any atom is -1.00 e. The van der Waals surface area contributed by atoms with Gasteiger partial charge < -0.3 is 12.4 Å². The summed E-state index contributed by atoms with van der Waals surface area (Å²) in [5.41, 5.74) is 2.48. The summed E-state index contributed by atoms with van der Waals surface area (Å²) in [6, 6.07) is 8.32. The molecule has 2 aromatic rings. The lowest BCUT2D eigenvalue weighted by atomic mass is 10.3. The molecule has 0 aliphatic rings. The molecule has 0 aliphatic heterocycles. The second-order valence-electron chi connectivity index (χ2n) is 3.10. The highest BCUT2D eigenvalue weighted by atomic mass is 35.5. The molecule has 14 heavy (non-hydrogen) atoms. The Morgan fingerprint density at radius 2 is 2.07 bits per heavy atom. The Hall–Kier alpha value is -0.730. The lowest BCUT2D eigenvalue weighted by Crippen LogP contribution is -3.00. The molecule has 1 heterocycles. The summed E-state index contributed by atoms with van der Waals surface area (Å²) in [5, 5.41) is 0. The predicted octanol–water partition coefficient (Wildman–Crippen LogP) is -1.29. The monoisotopic (exact) mass is 230 g/mol. The summed E-state index contributed by atoms with van der Waals surface area (Å²) < 4.78 is 4.28. The van der Waals surface area contributed by atoms with Crippen molar-refractivity contribution in [1.29, 1.82) is 0 Å². The van der Waals surface area contributed by atoms with Crippen LogP contribution < -0.4 is 17.0 Å². The Kier molecular flexibility index (Phi) is 3.78. The van der Waals surface area contributed by atoms with Crippen molar-refractivity contribution >= 4 is 22.6 Å². The third-order valence-corrected chi connectivity index (χ3v) is 2.38. The number of rotatable bonds is 2. The van der Waals surface area contributed by atoms with Gasteiger partial charge in [0, 0.05) is 0 Å². The Balaban J connectivity index is 0.000000980. The van der Waals surface area contributed by atoms with Crippen molar-refractivity contribution in [2.45, 2.75) is 6.54 Å². The van der Waals surface area contributed by atoms with Crippen LogP contribution in [0.2, 0.25) is 0 Å². The molecule has 0 saturated carbocycles. The fraction of sp³-hybridized carbons (Fsp3) is 0.300. The average molecular weight is 231 g/mol. The Morgan fingerprint density at radius 3 is 2.79 bits per heavy atom. The zero-order chi connectivity index (χ0) is 9.26. The van der Waals surface area contributed by atoms with Gasteiger partial charge in [0.15, 0.2) is 11.0 Å². The van der Waals surface area contributed by atoms with Crippen LogP contribution in [0.5, 0.6) is 0 Å². The van der Waals surface area contributed by atoms with Crippen molar-refractivity contribution in [2.75, 3.05) is 5.88 Å². The molecule has 1 aromatic carbocycles. The minimum absolute atomic E-state index is 0. The van der Waals surface area contributed by atoms with Crippen molar-refractivity contribution in [3.05, 3.63) is 30.6 Å². The summed E-state index contributed by atoms with van der Waals surface area (Å²) in [7, 11) is 2.05. The highest BCUT2D eigenvalue weighted by Gasteiger charge is 2.10. The van der Waals surface area contributed by atoms with Gasteiger partial charge in [-0.25, -0.2) is 9.13 Å². The molecule has 0 bridgehead atoms. The van der Waals surface area contributed by atoms with Gasteiger partial charge in [-0.15, -0.1) is 11.6 Å². The molecule has 0 radical (unpaired) electrons. The van der Waals surface area contributed by atoms with Crippen LogP contribution in [0.3, 0.4) is 0 Å². The van der Waals surface area contributed by atoms with Crippen LogP contribution >= 0.6 is 11.6 Å². The van der Waals surface area contributed by atoms with E-state index < -0.39 is 0 Å². The molecule has 2 rings (SSSR count). The Labute approximate surface area is 94.5 Å². The minimum atomic E-state index is 0. The van der Waals surface area contributed by atoms with E-state index in [2.05, 4.69) is 27.6 Å². The maximum Gasteiger partial charge on any atom is 0.244 e. The van der Waals surface area contributed by atoms with Gasteiger partial charge in [0.1, 0.15) is 6.54 Å². The number of halogens is 2. The molecule has 0 atom stereocenters. The van der Waals surface area contributed by atoms with Crippen molar-refractivity contribution in [2.24, 2.45) is 7.05 Å². The first-order valence-corrected chi connectivity index (χ1v) is 4.86. The van der Waals surface area contributed by atoms with Crippen LogP contribution in [0.25, 0.3) is 11.0 Å². The van der Waals surface area contributed by atoms with Gasteiger partial charge >= 0.3 is 0 Å². The quantitative estimate of drug-likeness (QED) is 0.449. The predicted molar refractivity (Wildman–Crippen MR) is 53.8 cm³/mol. The van der Waals surface area contributed by atoms with Crippen LogP contribution in [-0.4, -0.2) is 10.4 Å². The second kappa shape index (κ2) is 4.67. The maximum absolute atomic E-state index is 5.72. The zero-order valence-corrected chi connectivity index (χ0v) is 9.46. The van der Waals surface area contributed by atoms with E-state index in [1.165, 1.54) is 11.0 Å². The fourth-order valence-corrected chi connectivity index (χ4v) is 1.79. The first kappa shape index (κ1) is 11.3. The zero-order valence-electron chi connectivity index (χ0n) is 7.95. The molecule has 2 nitrogen and oxygen atoms in total. The first-order chi connectivity index (χ1) is 6.33. The first-order valence-electron chi connectivity index (χ1n) is 4.32. The molecular formula is C10H12Cl2N2. The van der Waals surface area contributed by atoms with Gasteiger partial charge in [-0.3, -0.25) is 0 Å². The summed E-state index contributed by atoms with van der Waals surface area (Å²) in [4.78, 5) is 0. The smallest absolute Gasteiger partial charge is 0.244 e. The van der Waals surface area contributed by atoms with Gasteiger partial charge in [-0.05, 0) is 12.1 Å². The van der Waals surface area contributed by atoms with Crippen molar-refractivity contribution in [3.63, 3.8) is 0 Å². The van der Waals surface area contributed by atoms with Crippen molar-refractivity contribution in [1.82, 2.24) is 4.57 Å². The van der Waals surface area contributed by atoms with E-state index >= 15 is 0 Å².